The number of nitrogens with zero attached hydrogens (tertiary/aromatic N) is 2. The Morgan fingerprint density at radius 3 is 2.78 bits per heavy atom. The van der Waals surface area contributed by atoms with Crippen LogP contribution in [0.25, 0.3) is 0 Å². The highest BCUT2D eigenvalue weighted by molar-refractivity contribution is 5.84. The van der Waals surface area contributed by atoms with Crippen LogP contribution in [0.2, 0.25) is 0 Å². The summed E-state index contributed by atoms with van der Waals surface area (Å²) in [5, 5.41) is 0. The molecule has 18 heavy (non-hydrogen) atoms. The number of ether oxygens (including phenoxy) is 1. The van der Waals surface area contributed by atoms with E-state index in [1.54, 1.807) is 0 Å². The molecule has 0 N–H and O–H groups in total. The lowest BCUT2D eigenvalue weighted by Crippen LogP contribution is -2.44. The third kappa shape index (κ3) is 3.04. The fourth-order valence-electron chi connectivity index (χ4n) is 3.09. The van der Waals surface area contributed by atoms with Crippen molar-refractivity contribution in [1.82, 2.24) is 9.80 Å². The molecule has 0 aromatic carbocycles. The molecule has 0 radical (unpaired) electrons. The fraction of sp³-hybridized carbons (Fsp3) is 0.929. The molecular formula is C14H26N2O2. The van der Waals surface area contributed by atoms with Crippen molar-refractivity contribution in [2.45, 2.75) is 45.2 Å². The van der Waals surface area contributed by atoms with Crippen LogP contribution in [0.5, 0.6) is 0 Å². The summed E-state index contributed by atoms with van der Waals surface area (Å²) in [4.78, 5) is 16.5. The second kappa shape index (κ2) is 6.02. The van der Waals surface area contributed by atoms with Gasteiger partial charge >= 0.3 is 0 Å². The van der Waals surface area contributed by atoms with Crippen molar-refractivity contribution in [3.8, 4) is 0 Å². The molecule has 0 spiro atoms. The van der Waals surface area contributed by atoms with Crippen LogP contribution in [-0.4, -0.2) is 61.1 Å². The molecule has 2 atom stereocenters. The van der Waals surface area contributed by atoms with Crippen LogP contribution in [0.15, 0.2) is 0 Å². The van der Waals surface area contributed by atoms with Crippen LogP contribution in [-0.2, 0) is 9.53 Å². The monoisotopic (exact) mass is 254 g/mol. The van der Waals surface area contributed by atoms with Gasteiger partial charge in [-0.25, -0.2) is 0 Å². The number of carbonyl (C=O) groups excluding carboxylic acids is 1. The first-order chi connectivity index (χ1) is 8.59. The predicted molar refractivity (Wildman–Crippen MR) is 71.4 cm³/mol. The maximum atomic E-state index is 12.3. The van der Waals surface area contributed by atoms with Gasteiger partial charge in [0.2, 0.25) is 5.91 Å². The van der Waals surface area contributed by atoms with Crippen molar-refractivity contribution in [2.75, 3.05) is 33.4 Å². The summed E-state index contributed by atoms with van der Waals surface area (Å²) in [6.45, 7) is 7.85. The Balaban J connectivity index is 1.85. The van der Waals surface area contributed by atoms with E-state index in [1.807, 2.05) is 4.90 Å². The Morgan fingerprint density at radius 2 is 2.22 bits per heavy atom. The molecule has 4 heteroatoms. The third-order valence-corrected chi connectivity index (χ3v) is 4.17. The average Bonchev–Trinajstić information content (AvgIpc) is 2.72. The lowest BCUT2D eigenvalue weighted by atomic mass is 10.0. The highest BCUT2D eigenvalue weighted by Gasteiger charge is 2.36. The first kappa shape index (κ1) is 13.8. The number of likely N-dealkylation sites (tertiary alicyclic amines) is 1. The molecular weight excluding hydrogens is 228 g/mol. The Labute approximate surface area is 110 Å². The average molecular weight is 254 g/mol. The molecule has 2 fully saturated rings. The summed E-state index contributed by atoms with van der Waals surface area (Å²) in [5.41, 5.74) is 0. The minimum Gasteiger partial charge on any atom is -0.381 e. The van der Waals surface area contributed by atoms with Gasteiger partial charge in [0, 0.05) is 25.7 Å². The van der Waals surface area contributed by atoms with Crippen molar-refractivity contribution in [3.63, 3.8) is 0 Å². The zero-order chi connectivity index (χ0) is 13.1. The zero-order valence-electron chi connectivity index (χ0n) is 11.9. The Kier molecular flexibility index (Phi) is 4.62. The summed E-state index contributed by atoms with van der Waals surface area (Å²) in [5.74, 6) is 0.911. The second-order valence-corrected chi connectivity index (χ2v) is 5.95. The van der Waals surface area contributed by atoms with Gasteiger partial charge in [-0.15, -0.1) is 0 Å². The van der Waals surface area contributed by atoms with Crippen LogP contribution < -0.4 is 0 Å². The molecule has 104 valence electrons. The van der Waals surface area contributed by atoms with Crippen LogP contribution in [0.4, 0.5) is 0 Å². The van der Waals surface area contributed by atoms with E-state index in [9.17, 15) is 4.79 Å². The first-order valence-corrected chi connectivity index (χ1v) is 7.18. The quantitative estimate of drug-likeness (QED) is 0.759. The fourth-order valence-corrected chi connectivity index (χ4v) is 3.09. The molecule has 0 aromatic rings. The number of hydrogen-bond acceptors (Lipinski definition) is 3. The van der Waals surface area contributed by atoms with E-state index in [0.29, 0.717) is 17.9 Å². The van der Waals surface area contributed by atoms with Gasteiger partial charge in [0.05, 0.1) is 12.6 Å². The Bertz CT molecular complexity index is 288. The summed E-state index contributed by atoms with van der Waals surface area (Å²) < 4.78 is 5.51. The van der Waals surface area contributed by atoms with Gasteiger partial charge in [-0.1, -0.05) is 0 Å². The second-order valence-electron chi connectivity index (χ2n) is 5.95. The molecule has 2 aliphatic rings. The number of hydrogen-bond donors (Lipinski definition) is 0. The standard InChI is InChI=1S/C14H26N2O2/c1-11(2)16-7-6-13(14(16)17)15(3)9-12-5-4-8-18-10-12/h11-13H,4-10H2,1-3H3/t12-,13+/m1/s1. The molecule has 2 aliphatic heterocycles. The van der Waals surface area contributed by atoms with E-state index in [2.05, 4.69) is 25.8 Å². The van der Waals surface area contributed by atoms with E-state index in [-0.39, 0.29) is 6.04 Å². The highest BCUT2D eigenvalue weighted by atomic mass is 16.5. The molecule has 0 saturated carbocycles. The van der Waals surface area contributed by atoms with Crippen molar-refractivity contribution < 1.29 is 9.53 Å². The molecule has 4 nitrogen and oxygen atoms in total. The topological polar surface area (TPSA) is 32.8 Å². The minimum absolute atomic E-state index is 0.0920. The van der Waals surface area contributed by atoms with Crippen molar-refractivity contribution >= 4 is 5.91 Å². The van der Waals surface area contributed by atoms with Gasteiger partial charge in [-0.2, -0.15) is 0 Å². The van der Waals surface area contributed by atoms with Gasteiger partial charge < -0.3 is 9.64 Å². The van der Waals surface area contributed by atoms with Crippen molar-refractivity contribution in [2.24, 2.45) is 5.92 Å². The minimum atomic E-state index is 0.0920. The number of likely N-dealkylation sites (N-methyl/N-ethyl adjacent to an activating group) is 1. The van der Waals surface area contributed by atoms with Crippen LogP contribution in [0.1, 0.15) is 33.1 Å². The van der Waals surface area contributed by atoms with Crippen molar-refractivity contribution in [3.05, 3.63) is 0 Å². The van der Waals surface area contributed by atoms with E-state index < -0.39 is 0 Å². The predicted octanol–water partition coefficient (Wildman–Crippen LogP) is 1.35. The maximum absolute atomic E-state index is 12.3. The Hall–Kier alpha value is -0.610. The highest BCUT2D eigenvalue weighted by Crippen LogP contribution is 2.21. The van der Waals surface area contributed by atoms with Gasteiger partial charge in [-0.05, 0) is 46.1 Å². The van der Waals surface area contributed by atoms with E-state index >= 15 is 0 Å². The summed E-state index contributed by atoms with van der Waals surface area (Å²) in [6, 6.07) is 0.420. The van der Waals surface area contributed by atoms with Crippen LogP contribution in [0, 0.1) is 5.92 Å². The number of amides is 1. The lowest BCUT2D eigenvalue weighted by molar-refractivity contribution is -0.133. The molecule has 0 bridgehead atoms. The first-order valence-electron chi connectivity index (χ1n) is 7.18. The van der Waals surface area contributed by atoms with E-state index in [0.717, 1.165) is 39.1 Å². The van der Waals surface area contributed by atoms with Gasteiger partial charge in [0.1, 0.15) is 0 Å². The Morgan fingerprint density at radius 1 is 1.44 bits per heavy atom. The SMILES string of the molecule is CC(C)N1CC[C@H](N(C)C[C@H]2CCCOC2)C1=O. The third-order valence-electron chi connectivity index (χ3n) is 4.17. The van der Waals surface area contributed by atoms with E-state index in [1.165, 1.54) is 6.42 Å². The van der Waals surface area contributed by atoms with Gasteiger partial charge in [0.15, 0.2) is 0 Å². The summed E-state index contributed by atoms with van der Waals surface area (Å²) in [6.07, 6.45) is 3.37. The number of rotatable bonds is 4. The number of carbonyl (C=O) groups is 1. The molecule has 2 rings (SSSR count). The molecule has 2 saturated heterocycles. The largest absolute Gasteiger partial charge is 0.381 e. The maximum Gasteiger partial charge on any atom is 0.240 e. The molecule has 0 unspecified atom stereocenters. The van der Waals surface area contributed by atoms with Crippen molar-refractivity contribution in [1.29, 1.82) is 0 Å². The zero-order valence-corrected chi connectivity index (χ0v) is 11.9. The van der Waals surface area contributed by atoms with E-state index in [4.69, 9.17) is 4.74 Å². The van der Waals surface area contributed by atoms with Crippen LogP contribution in [0.3, 0.4) is 0 Å². The van der Waals surface area contributed by atoms with Gasteiger partial charge in [-0.3, -0.25) is 9.69 Å². The van der Waals surface area contributed by atoms with Crippen LogP contribution >= 0.6 is 0 Å². The normalized spacial score (nSPS) is 29.6. The molecule has 1 amide bonds. The lowest BCUT2D eigenvalue weighted by Gasteiger charge is -2.30. The molecule has 2 heterocycles. The summed E-state index contributed by atoms with van der Waals surface area (Å²) in [7, 11) is 2.08. The van der Waals surface area contributed by atoms with Gasteiger partial charge in [0.25, 0.3) is 0 Å². The molecule has 0 aromatic heterocycles. The molecule has 0 aliphatic carbocycles. The summed E-state index contributed by atoms with van der Waals surface area (Å²) >= 11 is 0. The smallest absolute Gasteiger partial charge is 0.240 e.